The lowest BCUT2D eigenvalue weighted by atomic mass is 9.78. The van der Waals surface area contributed by atoms with E-state index < -0.39 is 0 Å². The molecule has 104 valence electrons. The monoisotopic (exact) mass is 261 g/mol. The minimum atomic E-state index is -0.156. The zero-order valence-corrected chi connectivity index (χ0v) is 12.7. The first-order valence-electron chi connectivity index (χ1n) is 6.45. The largest absolute Gasteiger partial charge is 0.507 e. The van der Waals surface area contributed by atoms with Gasteiger partial charge in [0.15, 0.2) is 0 Å². The Labute approximate surface area is 115 Å². The molecular formula is C15H23N3O. The Kier molecular flexibility index (Phi) is 4.16. The van der Waals surface area contributed by atoms with E-state index in [0.717, 1.165) is 16.7 Å². The zero-order valence-electron chi connectivity index (χ0n) is 12.7. The summed E-state index contributed by atoms with van der Waals surface area (Å²) in [5.74, 6) is 0.352. The van der Waals surface area contributed by atoms with Crippen LogP contribution in [0.25, 0.3) is 10.4 Å². The molecule has 1 N–H and O–H groups in total. The van der Waals surface area contributed by atoms with E-state index in [2.05, 4.69) is 51.6 Å². The molecule has 1 rings (SSSR count). The minimum absolute atomic E-state index is 0.156. The van der Waals surface area contributed by atoms with Crippen molar-refractivity contribution in [2.24, 2.45) is 5.11 Å². The fourth-order valence-electron chi connectivity index (χ4n) is 2.04. The molecule has 19 heavy (non-hydrogen) atoms. The van der Waals surface area contributed by atoms with Gasteiger partial charge >= 0.3 is 0 Å². The van der Waals surface area contributed by atoms with Crippen LogP contribution in [0.5, 0.6) is 5.75 Å². The third-order valence-corrected chi connectivity index (χ3v) is 3.10. The number of hydrogen-bond acceptors (Lipinski definition) is 2. The van der Waals surface area contributed by atoms with E-state index in [4.69, 9.17) is 5.53 Å². The van der Waals surface area contributed by atoms with Gasteiger partial charge in [0.2, 0.25) is 0 Å². The second kappa shape index (κ2) is 5.14. The first kappa shape index (κ1) is 15.4. The standard InChI is InChI=1S/C15H23N3O/c1-14(2,3)11-7-10(9-17-18-16)8-12(13(11)19)15(4,5)6/h7-8,19H,9H2,1-6H3. The van der Waals surface area contributed by atoms with E-state index in [0.29, 0.717) is 12.3 Å². The Morgan fingerprint density at radius 1 is 1.05 bits per heavy atom. The van der Waals surface area contributed by atoms with E-state index in [9.17, 15) is 5.11 Å². The average Bonchev–Trinajstić information content (AvgIpc) is 2.24. The van der Waals surface area contributed by atoms with E-state index in [1.54, 1.807) is 0 Å². The zero-order chi connectivity index (χ0) is 14.8. The number of benzene rings is 1. The highest BCUT2D eigenvalue weighted by molar-refractivity contribution is 5.49. The van der Waals surface area contributed by atoms with Crippen LogP contribution in [0.2, 0.25) is 0 Å². The van der Waals surface area contributed by atoms with Gasteiger partial charge in [0.05, 0.1) is 6.54 Å². The van der Waals surface area contributed by atoms with Gasteiger partial charge in [-0.1, -0.05) is 58.8 Å². The number of rotatable bonds is 2. The molecule has 0 aliphatic rings. The summed E-state index contributed by atoms with van der Waals surface area (Å²) in [5, 5.41) is 14.1. The Bertz CT molecular complexity index is 480. The van der Waals surface area contributed by atoms with Crippen LogP contribution >= 0.6 is 0 Å². The Morgan fingerprint density at radius 2 is 1.47 bits per heavy atom. The summed E-state index contributed by atoms with van der Waals surface area (Å²) < 4.78 is 0. The third kappa shape index (κ3) is 3.65. The number of azide groups is 1. The smallest absolute Gasteiger partial charge is 0.123 e. The second-order valence-electron chi connectivity index (χ2n) is 6.93. The highest BCUT2D eigenvalue weighted by Gasteiger charge is 2.26. The van der Waals surface area contributed by atoms with Crippen LogP contribution in [-0.2, 0) is 17.4 Å². The van der Waals surface area contributed by atoms with Crippen LogP contribution in [-0.4, -0.2) is 5.11 Å². The third-order valence-electron chi connectivity index (χ3n) is 3.10. The molecule has 4 heteroatoms. The van der Waals surface area contributed by atoms with Gasteiger partial charge in [0, 0.05) is 4.91 Å². The molecule has 0 heterocycles. The van der Waals surface area contributed by atoms with Gasteiger partial charge in [0.25, 0.3) is 0 Å². The van der Waals surface area contributed by atoms with Gasteiger partial charge in [-0.25, -0.2) is 0 Å². The number of hydrogen-bond donors (Lipinski definition) is 1. The maximum Gasteiger partial charge on any atom is 0.123 e. The van der Waals surface area contributed by atoms with Crippen molar-refractivity contribution in [1.29, 1.82) is 0 Å². The fourth-order valence-corrected chi connectivity index (χ4v) is 2.04. The van der Waals surface area contributed by atoms with Crippen molar-refractivity contribution >= 4 is 0 Å². The summed E-state index contributed by atoms with van der Waals surface area (Å²) in [6.07, 6.45) is 0. The van der Waals surface area contributed by atoms with E-state index >= 15 is 0 Å². The van der Waals surface area contributed by atoms with Crippen molar-refractivity contribution in [2.45, 2.75) is 58.9 Å². The molecule has 0 saturated carbocycles. The Balaban J connectivity index is 3.52. The SMILES string of the molecule is CC(C)(C)c1cc(CN=[N+]=[N-])cc(C(C)(C)C)c1O. The van der Waals surface area contributed by atoms with Crippen molar-refractivity contribution in [3.05, 3.63) is 39.3 Å². The lowest BCUT2D eigenvalue weighted by Crippen LogP contribution is -2.17. The normalized spacial score (nSPS) is 12.1. The molecule has 4 nitrogen and oxygen atoms in total. The summed E-state index contributed by atoms with van der Waals surface area (Å²) in [7, 11) is 0. The minimum Gasteiger partial charge on any atom is -0.507 e. The predicted octanol–water partition coefficient (Wildman–Crippen LogP) is 4.80. The molecule has 0 bridgehead atoms. The molecule has 0 fully saturated rings. The van der Waals surface area contributed by atoms with Gasteiger partial charge in [-0.2, -0.15) is 0 Å². The first-order chi connectivity index (χ1) is 8.57. The molecule has 0 spiro atoms. The van der Waals surface area contributed by atoms with Crippen molar-refractivity contribution in [3.8, 4) is 5.75 Å². The van der Waals surface area contributed by atoms with Crippen LogP contribution in [0.3, 0.4) is 0 Å². The van der Waals surface area contributed by atoms with Gasteiger partial charge in [-0.3, -0.25) is 0 Å². The van der Waals surface area contributed by atoms with Crippen molar-refractivity contribution in [1.82, 2.24) is 0 Å². The molecule has 0 amide bonds. The summed E-state index contributed by atoms with van der Waals surface area (Å²) in [6.45, 7) is 12.7. The summed E-state index contributed by atoms with van der Waals surface area (Å²) in [6, 6.07) is 3.86. The Hall–Kier alpha value is -1.67. The van der Waals surface area contributed by atoms with Gasteiger partial charge in [0.1, 0.15) is 5.75 Å². The first-order valence-corrected chi connectivity index (χ1v) is 6.45. The molecule has 0 unspecified atom stereocenters. The van der Waals surface area contributed by atoms with Crippen LogP contribution in [0.4, 0.5) is 0 Å². The highest BCUT2D eigenvalue weighted by atomic mass is 16.3. The number of aromatic hydroxyl groups is 1. The van der Waals surface area contributed by atoms with Crippen molar-refractivity contribution in [2.75, 3.05) is 0 Å². The molecule has 0 atom stereocenters. The summed E-state index contributed by atoms with van der Waals surface area (Å²) >= 11 is 0. The summed E-state index contributed by atoms with van der Waals surface area (Å²) in [5.41, 5.74) is 10.9. The number of nitrogens with zero attached hydrogens (tertiary/aromatic N) is 3. The van der Waals surface area contributed by atoms with Crippen molar-refractivity contribution in [3.63, 3.8) is 0 Å². The van der Waals surface area contributed by atoms with E-state index in [1.165, 1.54) is 0 Å². The van der Waals surface area contributed by atoms with Crippen molar-refractivity contribution < 1.29 is 5.11 Å². The fraction of sp³-hybridized carbons (Fsp3) is 0.600. The maximum absolute atomic E-state index is 10.5. The van der Waals surface area contributed by atoms with Gasteiger partial charge in [-0.15, -0.1) is 0 Å². The summed E-state index contributed by atoms with van der Waals surface area (Å²) in [4.78, 5) is 2.80. The molecule has 0 aromatic heterocycles. The molecule has 1 aromatic carbocycles. The molecule has 0 radical (unpaired) electrons. The Morgan fingerprint density at radius 3 is 1.79 bits per heavy atom. The van der Waals surface area contributed by atoms with Crippen LogP contribution in [0, 0.1) is 0 Å². The predicted molar refractivity (Wildman–Crippen MR) is 78.4 cm³/mol. The van der Waals surface area contributed by atoms with Crippen LogP contribution in [0.1, 0.15) is 58.2 Å². The quantitative estimate of drug-likeness (QED) is 0.464. The molecule has 1 aromatic rings. The van der Waals surface area contributed by atoms with Crippen LogP contribution < -0.4 is 0 Å². The van der Waals surface area contributed by atoms with E-state index in [1.807, 2.05) is 12.1 Å². The highest BCUT2D eigenvalue weighted by Crippen LogP contribution is 2.39. The number of phenols is 1. The maximum atomic E-state index is 10.5. The number of phenolic OH excluding ortho intramolecular Hbond substituents is 1. The van der Waals surface area contributed by atoms with E-state index in [-0.39, 0.29) is 10.8 Å². The lowest BCUT2D eigenvalue weighted by molar-refractivity contribution is 0.422. The van der Waals surface area contributed by atoms with Crippen LogP contribution in [0.15, 0.2) is 17.2 Å². The topological polar surface area (TPSA) is 69.0 Å². The lowest BCUT2D eigenvalue weighted by Gasteiger charge is -2.28. The van der Waals surface area contributed by atoms with Gasteiger partial charge in [-0.05, 0) is 33.1 Å². The molecule has 0 aliphatic carbocycles. The molecular weight excluding hydrogens is 238 g/mol. The molecule has 0 saturated heterocycles. The molecule has 0 aliphatic heterocycles. The average molecular weight is 261 g/mol. The second-order valence-corrected chi connectivity index (χ2v) is 6.93. The van der Waals surface area contributed by atoms with Gasteiger partial charge < -0.3 is 5.11 Å².